The number of hydrogen-bond donors (Lipinski definition) is 0. The quantitative estimate of drug-likeness (QED) is 0.440. The summed E-state index contributed by atoms with van der Waals surface area (Å²) in [5.41, 5.74) is 0. The minimum Gasteiger partial charge on any atom is -0.358 e. The van der Waals surface area contributed by atoms with Gasteiger partial charge in [-0.15, -0.1) is 0 Å². The Kier molecular flexibility index (Phi) is 48.3. The molecule has 0 aromatic heterocycles. The zero-order valence-electron chi connectivity index (χ0n) is 13.4. The third-order valence-electron chi connectivity index (χ3n) is 1.39. The number of hydrogen-bond acceptors (Lipinski definition) is 0. The molecule has 0 aliphatic carbocycles. The van der Waals surface area contributed by atoms with Crippen molar-refractivity contribution in [2.75, 3.05) is 0 Å². The second-order valence-corrected chi connectivity index (χ2v) is 3.82. The first kappa shape index (κ1) is 24.7. The molecule has 0 N–H and O–H groups in total. The van der Waals surface area contributed by atoms with Crippen LogP contribution in [0.1, 0.15) is 69.1 Å². The van der Waals surface area contributed by atoms with Crippen LogP contribution in [0.4, 0.5) is 0 Å². The van der Waals surface area contributed by atoms with E-state index in [-0.39, 0.29) is 26.9 Å². The van der Waals surface area contributed by atoms with Crippen molar-refractivity contribution in [3.8, 4) is 0 Å². The molecule has 0 radical (unpaired) electrons. The van der Waals surface area contributed by atoms with E-state index in [0.717, 1.165) is 12.3 Å². The van der Waals surface area contributed by atoms with E-state index in [4.69, 9.17) is 1.37 Å². The second-order valence-electron chi connectivity index (χ2n) is 3.82. The van der Waals surface area contributed by atoms with E-state index in [1.54, 1.807) is 0 Å². The fraction of sp³-hybridized carbons (Fsp3) is 0.857. The van der Waals surface area contributed by atoms with Gasteiger partial charge < -0.3 is 14.4 Å². The van der Waals surface area contributed by atoms with Crippen LogP contribution >= 0.6 is 0 Å². The van der Waals surface area contributed by atoms with Crippen LogP contribution in [0.3, 0.4) is 0 Å². The summed E-state index contributed by atoms with van der Waals surface area (Å²) in [5, 5.41) is 0. The molecular weight excluding hydrogens is 234 g/mol. The standard InChI is InChI=1S/C6H14.C4H10.C3H7.CH3.Zn/c1-4-6(3)5-2;1-4(2)3;1-3-2;;/h6H,4-5H2,1-3H3;4H,1-3H3;1,3H2,2H3;1H3;/q;;2*-1;+2/i;1T;;;. The average molecular weight is 270 g/mol. The average Bonchev–Trinajstić information content (AvgIpc) is 2.18. The van der Waals surface area contributed by atoms with E-state index >= 15 is 0 Å². The smallest absolute Gasteiger partial charge is 0.358 e. The monoisotopic (exact) mass is 268 g/mol. The number of rotatable bonds is 2. The van der Waals surface area contributed by atoms with Gasteiger partial charge in [0.25, 0.3) is 0 Å². The summed E-state index contributed by atoms with van der Waals surface area (Å²) in [7, 11) is 0. The normalized spacial score (nSPS) is 8.47. The van der Waals surface area contributed by atoms with Gasteiger partial charge in [-0.05, 0) is 11.8 Å². The van der Waals surface area contributed by atoms with Gasteiger partial charge in [-0.3, -0.25) is 0 Å². The van der Waals surface area contributed by atoms with Gasteiger partial charge in [0.05, 0.1) is 0 Å². The summed E-state index contributed by atoms with van der Waals surface area (Å²) < 4.78 is 6.66. The molecule has 0 aliphatic rings. The van der Waals surface area contributed by atoms with Gasteiger partial charge >= 0.3 is 19.5 Å². The van der Waals surface area contributed by atoms with Crippen LogP contribution in [-0.4, -0.2) is 0 Å². The fourth-order valence-electron chi connectivity index (χ4n) is 0.289. The summed E-state index contributed by atoms with van der Waals surface area (Å²) >= 11 is 0. The zero-order chi connectivity index (χ0) is 12.0. The van der Waals surface area contributed by atoms with Crippen LogP contribution in [0.2, 0.25) is 0 Å². The van der Waals surface area contributed by atoms with Gasteiger partial charge in [-0.2, -0.15) is 6.42 Å². The van der Waals surface area contributed by atoms with E-state index in [0.29, 0.717) is 12.8 Å². The second kappa shape index (κ2) is 29.3. The van der Waals surface area contributed by atoms with Crippen molar-refractivity contribution in [3.05, 3.63) is 14.4 Å². The predicted octanol–water partition coefficient (Wildman–Crippen LogP) is 5.78. The maximum atomic E-state index is 6.66. The topological polar surface area (TPSA) is 0 Å². The minimum atomic E-state index is 0. The Labute approximate surface area is 115 Å². The predicted molar refractivity (Wildman–Crippen MR) is 72.3 cm³/mol. The third-order valence-corrected chi connectivity index (χ3v) is 1.39. The van der Waals surface area contributed by atoms with E-state index in [9.17, 15) is 0 Å². The first-order chi connectivity index (χ1) is 6.49. The van der Waals surface area contributed by atoms with Crippen LogP contribution in [-0.2, 0) is 19.5 Å². The van der Waals surface area contributed by atoms with Crippen LogP contribution in [0.25, 0.3) is 0 Å². The molecule has 0 fully saturated rings. The Morgan fingerprint density at radius 2 is 1.27 bits per heavy atom. The maximum absolute atomic E-state index is 6.66. The molecular formula is C14H34Zn. The molecule has 0 unspecified atom stereocenters. The Morgan fingerprint density at radius 1 is 1.07 bits per heavy atom. The summed E-state index contributed by atoms with van der Waals surface area (Å²) in [6.45, 7) is 16.9. The van der Waals surface area contributed by atoms with Gasteiger partial charge in [0, 0.05) is 1.37 Å². The molecule has 0 rings (SSSR count). The Balaban J connectivity index is -0.0000000373. The molecule has 0 nitrogen and oxygen atoms in total. The van der Waals surface area contributed by atoms with Crippen LogP contribution in [0, 0.1) is 26.2 Å². The first-order valence-electron chi connectivity index (χ1n) is 6.29. The summed E-state index contributed by atoms with van der Waals surface area (Å²) in [6.07, 6.45) is 3.66. The van der Waals surface area contributed by atoms with Crippen molar-refractivity contribution in [1.29, 1.82) is 0 Å². The van der Waals surface area contributed by atoms with Crippen molar-refractivity contribution in [2.45, 2.75) is 67.7 Å². The summed E-state index contributed by atoms with van der Waals surface area (Å²) in [4.78, 5) is 0. The first-order valence-corrected chi connectivity index (χ1v) is 5.58. The molecule has 0 bridgehead atoms. The largest absolute Gasteiger partial charge is 2.00 e. The Morgan fingerprint density at radius 3 is 1.27 bits per heavy atom. The molecule has 0 atom stereocenters. The zero-order valence-corrected chi connectivity index (χ0v) is 15.4. The SMILES string of the molecule is CCC(C)CC.[3H]CC(C)C.[CH2-]CC.[CH3-].[Zn+2]. The molecule has 0 heterocycles. The van der Waals surface area contributed by atoms with Crippen molar-refractivity contribution in [3.63, 3.8) is 0 Å². The molecule has 0 aliphatic heterocycles. The van der Waals surface area contributed by atoms with E-state index in [1.165, 1.54) is 12.8 Å². The van der Waals surface area contributed by atoms with E-state index < -0.39 is 0 Å². The van der Waals surface area contributed by atoms with Gasteiger partial charge in [0.15, 0.2) is 0 Å². The van der Waals surface area contributed by atoms with Gasteiger partial charge in [-0.25, -0.2) is 0 Å². The molecule has 15 heavy (non-hydrogen) atoms. The molecule has 0 spiro atoms. The van der Waals surface area contributed by atoms with Crippen LogP contribution in [0.15, 0.2) is 0 Å². The maximum Gasteiger partial charge on any atom is 2.00 e. The summed E-state index contributed by atoms with van der Waals surface area (Å²) in [6, 6.07) is 0. The fourth-order valence-corrected chi connectivity index (χ4v) is 0.289. The van der Waals surface area contributed by atoms with E-state index in [2.05, 4.69) is 27.7 Å². The Bertz CT molecular complexity index is 71.1. The van der Waals surface area contributed by atoms with Crippen molar-refractivity contribution < 1.29 is 20.8 Å². The molecule has 0 aromatic carbocycles. The Hall–Kier alpha value is 0.623. The molecule has 92 valence electrons. The van der Waals surface area contributed by atoms with Gasteiger partial charge in [0.1, 0.15) is 0 Å². The molecule has 1 heteroatoms. The van der Waals surface area contributed by atoms with E-state index in [1.807, 2.05) is 20.8 Å². The van der Waals surface area contributed by atoms with Crippen LogP contribution in [0.5, 0.6) is 0 Å². The third kappa shape index (κ3) is 109. The van der Waals surface area contributed by atoms with Crippen molar-refractivity contribution >= 4 is 0 Å². The van der Waals surface area contributed by atoms with Crippen molar-refractivity contribution in [2.24, 2.45) is 11.8 Å². The molecule has 0 saturated carbocycles. The van der Waals surface area contributed by atoms with Gasteiger partial charge in [0.2, 0.25) is 0 Å². The summed E-state index contributed by atoms with van der Waals surface area (Å²) in [5.74, 6) is 1.49. The molecule has 0 saturated heterocycles. The van der Waals surface area contributed by atoms with Gasteiger partial charge in [-0.1, -0.05) is 61.3 Å². The minimum absolute atomic E-state index is 0. The molecule has 0 aromatic rings. The van der Waals surface area contributed by atoms with Crippen molar-refractivity contribution in [1.82, 2.24) is 0 Å². The van der Waals surface area contributed by atoms with Crippen LogP contribution < -0.4 is 0 Å². The molecule has 0 amide bonds.